The maximum absolute atomic E-state index is 14.0. The molecule has 1 aromatic rings. The van der Waals surface area contributed by atoms with E-state index in [1.807, 2.05) is 6.07 Å². The zero-order valence-corrected chi connectivity index (χ0v) is 12.9. The van der Waals surface area contributed by atoms with Crippen LogP contribution in [0.1, 0.15) is 18.0 Å². The Balaban J connectivity index is 0.00000180. The molecule has 1 aliphatic heterocycles. The number of halogens is 4. The van der Waals surface area contributed by atoms with Gasteiger partial charge in [-0.15, -0.1) is 12.4 Å². The van der Waals surface area contributed by atoms with E-state index in [1.54, 1.807) is 6.07 Å². The van der Waals surface area contributed by atoms with Crippen molar-refractivity contribution in [3.63, 3.8) is 0 Å². The lowest BCUT2D eigenvalue weighted by molar-refractivity contribution is 0.154. The molecule has 2 nitrogen and oxygen atoms in total. The van der Waals surface area contributed by atoms with Crippen molar-refractivity contribution in [1.29, 1.82) is 0 Å². The summed E-state index contributed by atoms with van der Waals surface area (Å²) in [7, 11) is 0. The van der Waals surface area contributed by atoms with Gasteiger partial charge in [0.2, 0.25) is 0 Å². The van der Waals surface area contributed by atoms with Crippen LogP contribution in [0.2, 0.25) is 0 Å². The fourth-order valence-corrected chi connectivity index (χ4v) is 2.74. The van der Waals surface area contributed by atoms with Gasteiger partial charge in [-0.05, 0) is 18.6 Å². The molecule has 0 unspecified atom stereocenters. The highest BCUT2D eigenvalue weighted by atomic mass is 79.9. The van der Waals surface area contributed by atoms with E-state index < -0.39 is 6.67 Å². The van der Waals surface area contributed by atoms with Crippen molar-refractivity contribution in [2.45, 2.75) is 12.5 Å². The van der Waals surface area contributed by atoms with Crippen LogP contribution in [-0.4, -0.2) is 37.8 Å². The van der Waals surface area contributed by atoms with Gasteiger partial charge >= 0.3 is 0 Å². The fraction of sp³-hybridized carbons (Fsp3) is 0.538. The Hall–Kier alpha value is -0.230. The molecule has 1 fully saturated rings. The molecule has 1 N–H and O–H groups in total. The lowest BCUT2D eigenvalue weighted by Crippen LogP contribution is -2.45. The molecule has 1 atom stereocenters. The number of piperazine rings is 1. The van der Waals surface area contributed by atoms with Gasteiger partial charge in [-0.1, -0.05) is 22.0 Å². The summed E-state index contributed by atoms with van der Waals surface area (Å²) < 4.78 is 27.4. The Kier molecular flexibility index (Phi) is 7.21. The highest BCUT2D eigenvalue weighted by Gasteiger charge is 2.24. The van der Waals surface area contributed by atoms with Crippen molar-refractivity contribution in [3.05, 3.63) is 34.1 Å². The first-order valence-electron chi connectivity index (χ1n) is 6.18. The van der Waals surface area contributed by atoms with E-state index in [9.17, 15) is 8.78 Å². The molecular weight excluding hydrogens is 338 g/mol. The van der Waals surface area contributed by atoms with E-state index in [0.717, 1.165) is 26.2 Å². The van der Waals surface area contributed by atoms with Gasteiger partial charge < -0.3 is 5.32 Å². The Bertz CT molecular complexity index is 400. The Labute approximate surface area is 127 Å². The predicted octanol–water partition coefficient (Wildman–Crippen LogP) is 3.32. The summed E-state index contributed by atoms with van der Waals surface area (Å²) in [6.07, 6.45) is 0.346. The molecule has 0 bridgehead atoms. The second kappa shape index (κ2) is 8.15. The van der Waals surface area contributed by atoms with Crippen molar-refractivity contribution in [2.24, 2.45) is 0 Å². The number of nitrogens with one attached hydrogen (secondary N) is 1. The molecule has 1 saturated heterocycles. The molecule has 1 aliphatic rings. The predicted molar refractivity (Wildman–Crippen MR) is 79.1 cm³/mol. The van der Waals surface area contributed by atoms with E-state index in [-0.39, 0.29) is 24.3 Å². The van der Waals surface area contributed by atoms with E-state index >= 15 is 0 Å². The van der Waals surface area contributed by atoms with E-state index in [2.05, 4.69) is 26.1 Å². The quantitative estimate of drug-likeness (QED) is 0.891. The number of alkyl halides is 1. The Morgan fingerprint density at radius 2 is 2.00 bits per heavy atom. The average Bonchev–Trinajstić information content (AvgIpc) is 2.38. The molecule has 108 valence electrons. The molecule has 2 rings (SSSR count). The minimum atomic E-state index is -0.426. The fourth-order valence-electron chi connectivity index (χ4n) is 2.40. The smallest absolute Gasteiger partial charge is 0.129 e. The minimum absolute atomic E-state index is 0. The van der Waals surface area contributed by atoms with Crippen LogP contribution in [0.3, 0.4) is 0 Å². The van der Waals surface area contributed by atoms with Crippen molar-refractivity contribution >= 4 is 28.3 Å². The van der Waals surface area contributed by atoms with Crippen molar-refractivity contribution in [2.75, 3.05) is 32.9 Å². The monoisotopic (exact) mass is 354 g/mol. The largest absolute Gasteiger partial charge is 0.314 e. The first-order chi connectivity index (χ1) is 8.72. The third kappa shape index (κ3) is 4.38. The van der Waals surface area contributed by atoms with E-state index in [4.69, 9.17) is 0 Å². The molecule has 0 aromatic heterocycles. The van der Waals surface area contributed by atoms with Gasteiger partial charge in [0.1, 0.15) is 5.82 Å². The van der Waals surface area contributed by atoms with Gasteiger partial charge in [0.25, 0.3) is 0 Å². The maximum Gasteiger partial charge on any atom is 0.129 e. The summed E-state index contributed by atoms with van der Waals surface area (Å²) in [5.41, 5.74) is 0.595. The summed E-state index contributed by atoms with van der Waals surface area (Å²) in [4.78, 5) is 2.16. The Morgan fingerprint density at radius 3 is 2.58 bits per heavy atom. The summed E-state index contributed by atoms with van der Waals surface area (Å²) in [6.45, 7) is 2.99. The zero-order valence-electron chi connectivity index (χ0n) is 10.5. The van der Waals surface area contributed by atoms with Crippen LogP contribution in [0.15, 0.2) is 22.7 Å². The molecule has 0 amide bonds. The second-order valence-electron chi connectivity index (χ2n) is 4.45. The number of nitrogens with zero attached hydrogens (tertiary/aromatic N) is 1. The third-order valence-corrected chi connectivity index (χ3v) is 3.79. The van der Waals surface area contributed by atoms with E-state index in [0.29, 0.717) is 16.5 Å². The van der Waals surface area contributed by atoms with E-state index in [1.165, 1.54) is 6.07 Å². The van der Waals surface area contributed by atoms with Crippen LogP contribution in [0.25, 0.3) is 0 Å². The van der Waals surface area contributed by atoms with Gasteiger partial charge in [0.05, 0.1) is 6.67 Å². The molecule has 0 spiro atoms. The summed E-state index contributed by atoms with van der Waals surface area (Å²) in [5.74, 6) is -0.263. The zero-order chi connectivity index (χ0) is 13.0. The van der Waals surface area contributed by atoms with Crippen molar-refractivity contribution < 1.29 is 8.78 Å². The molecule has 0 aliphatic carbocycles. The third-order valence-electron chi connectivity index (χ3n) is 3.30. The van der Waals surface area contributed by atoms with Gasteiger partial charge in [-0.2, -0.15) is 0 Å². The van der Waals surface area contributed by atoms with Crippen LogP contribution >= 0.6 is 28.3 Å². The lowest BCUT2D eigenvalue weighted by atomic mass is 10.0. The molecule has 0 saturated carbocycles. The second-order valence-corrected chi connectivity index (χ2v) is 5.36. The van der Waals surface area contributed by atoms with Gasteiger partial charge in [-0.25, -0.2) is 4.39 Å². The van der Waals surface area contributed by atoms with Crippen LogP contribution in [0, 0.1) is 5.82 Å². The SMILES string of the molecule is Cl.FCC[C@H](c1ccc(Br)cc1F)N1CCNCC1. The average molecular weight is 356 g/mol. The van der Waals surface area contributed by atoms with Crippen LogP contribution in [-0.2, 0) is 0 Å². The van der Waals surface area contributed by atoms with Gasteiger partial charge in [-0.3, -0.25) is 9.29 Å². The molecule has 1 aromatic carbocycles. The minimum Gasteiger partial charge on any atom is -0.314 e. The number of hydrogen-bond acceptors (Lipinski definition) is 2. The molecule has 0 radical (unpaired) electrons. The molecular formula is C13H18BrClF2N2. The maximum atomic E-state index is 14.0. The number of hydrogen-bond donors (Lipinski definition) is 1. The molecule has 1 heterocycles. The standard InChI is InChI=1S/C13H17BrF2N2.ClH/c14-10-1-2-11(12(16)9-10)13(3-4-15)18-7-5-17-6-8-18;/h1-2,9,13,17H,3-8H2;1H/t13-;/m1./s1. The topological polar surface area (TPSA) is 15.3 Å². The number of rotatable bonds is 4. The number of benzene rings is 1. The highest BCUT2D eigenvalue weighted by Crippen LogP contribution is 2.28. The normalized spacial score (nSPS) is 17.8. The summed E-state index contributed by atoms with van der Waals surface area (Å²) >= 11 is 3.24. The first-order valence-corrected chi connectivity index (χ1v) is 6.97. The summed E-state index contributed by atoms with van der Waals surface area (Å²) in [6, 6.07) is 4.85. The Morgan fingerprint density at radius 1 is 1.32 bits per heavy atom. The van der Waals surface area contributed by atoms with Crippen molar-refractivity contribution in [3.8, 4) is 0 Å². The molecule has 19 heavy (non-hydrogen) atoms. The van der Waals surface area contributed by atoms with Crippen LogP contribution in [0.5, 0.6) is 0 Å². The first kappa shape index (κ1) is 16.8. The highest BCUT2D eigenvalue weighted by molar-refractivity contribution is 9.10. The van der Waals surface area contributed by atoms with Crippen molar-refractivity contribution in [1.82, 2.24) is 10.2 Å². The van der Waals surface area contributed by atoms with Crippen LogP contribution < -0.4 is 5.32 Å². The lowest BCUT2D eigenvalue weighted by Gasteiger charge is -2.35. The summed E-state index contributed by atoms with van der Waals surface area (Å²) in [5, 5.41) is 3.25. The van der Waals surface area contributed by atoms with Gasteiger partial charge in [0, 0.05) is 42.3 Å². The van der Waals surface area contributed by atoms with Gasteiger partial charge in [0.15, 0.2) is 0 Å². The van der Waals surface area contributed by atoms with Crippen LogP contribution in [0.4, 0.5) is 8.78 Å². The molecule has 6 heteroatoms.